The monoisotopic (exact) mass is 412 g/mol. The number of aromatic carboxylic acids is 1. The smallest absolute Gasteiger partial charge is 0.335 e. The minimum absolute atomic E-state index is 0.163. The molecule has 1 fully saturated rings. The molecule has 0 bridgehead atoms. The second kappa shape index (κ2) is 8.83. The number of benzene rings is 2. The quantitative estimate of drug-likeness (QED) is 0.721. The summed E-state index contributed by atoms with van der Waals surface area (Å²) in [6, 6.07) is 11.6. The molecular formula is C21H20N2O5S. The molecule has 0 aromatic heterocycles. The first kappa shape index (κ1) is 20.5. The van der Waals surface area contributed by atoms with Crippen molar-refractivity contribution in [2.75, 3.05) is 20.8 Å². The first-order chi connectivity index (χ1) is 13.9. The Morgan fingerprint density at radius 3 is 2.55 bits per heavy atom. The lowest BCUT2D eigenvalue weighted by molar-refractivity contribution is -0.121. The molecule has 0 atom stereocenters. The van der Waals surface area contributed by atoms with E-state index in [-0.39, 0.29) is 11.5 Å². The summed E-state index contributed by atoms with van der Waals surface area (Å²) in [5, 5.41) is 9.49. The van der Waals surface area contributed by atoms with Crippen molar-refractivity contribution in [2.45, 2.75) is 6.92 Å². The lowest BCUT2D eigenvalue weighted by atomic mass is 10.2. The van der Waals surface area contributed by atoms with Gasteiger partial charge in [0.15, 0.2) is 16.7 Å². The fourth-order valence-electron chi connectivity index (χ4n) is 2.64. The van der Waals surface area contributed by atoms with Crippen LogP contribution in [0.5, 0.6) is 11.5 Å². The molecule has 29 heavy (non-hydrogen) atoms. The number of rotatable bonds is 6. The summed E-state index contributed by atoms with van der Waals surface area (Å²) in [6.45, 7) is 2.43. The predicted octanol–water partition coefficient (Wildman–Crippen LogP) is 4.03. The van der Waals surface area contributed by atoms with Crippen LogP contribution >= 0.6 is 11.8 Å². The van der Waals surface area contributed by atoms with E-state index in [2.05, 4.69) is 4.99 Å². The van der Waals surface area contributed by atoms with Gasteiger partial charge in [0, 0.05) is 7.05 Å². The second-order valence-corrected chi connectivity index (χ2v) is 7.07. The average Bonchev–Trinajstić information content (AvgIpc) is 2.97. The van der Waals surface area contributed by atoms with Crippen molar-refractivity contribution in [3.05, 3.63) is 58.5 Å². The maximum Gasteiger partial charge on any atom is 0.335 e. The third-order valence-corrected chi connectivity index (χ3v) is 5.19. The van der Waals surface area contributed by atoms with Gasteiger partial charge in [-0.3, -0.25) is 9.69 Å². The lowest BCUT2D eigenvalue weighted by Crippen LogP contribution is -2.23. The third kappa shape index (κ3) is 4.60. The van der Waals surface area contributed by atoms with E-state index in [1.165, 1.54) is 28.8 Å². The number of hydrogen-bond acceptors (Lipinski definition) is 6. The van der Waals surface area contributed by atoms with Crippen molar-refractivity contribution in [3.8, 4) is 11.5 Å². The number of carboxylic acid groups (broad SMARTS) is 1. The van der Waals surface area contributed by atoms with E-state index >= 15 is 0 Å². The zero-order chi connectivity index (χ0) is 21.0. The van der Waals surface area contributed by atoms with Crippen LogP contribution in [0.1, 0.15) is 22.8 Å². The van der Waals surface area contributed by atoms with Crippen molar-refractivity contribution in [1.29, 1.82) is 0 Å². The number of aliphatic imine (C=N–C) groups is 1. The number of amidine groups is 1. The standard InChI is InChI=1S/C21H20N2O5S/c1-4-28-16-10-5-13(11-17(16)27-3)12-18-19(24)23(2)21(29-18)22-15-8-6-14(7-9-15)20(25)26/h5-12H,4H2,1-3H3,(H,25,26). The first-order valence-electron chi connectivity index (χ1n) is 8.83. The van der Waals surface area contributed by atoms with E-state index in [1.54, 1.807) is 32.4 Å². The Hall–Kier alpha value is -3.26. The molecule has 2 aromatic rings. The topological polar surface area (TPSA) is 88.4 Å². The zero-order valence-electron chi connectivity index (χ0n) is 16.2. The van der Waals surface area contributed by atoms with Crippen LogP contribution in [0.15, 0.2) is 52.4 Å². The molecule has 0 saturated carbocycles. The fourth-order valence-corrected chi connectivity index (χ4v) is 3.63. The van der Waals surface area contributed by atoms with Crippen molar-refractivity contribution in [3.63, 3.8) is 0 Å². The number of carbonyl (C=O) groups excluding carboxylic acids is 1. The van der Waals surface area contributed by atoms with Gasteiger partial charge in [-0.05, 0) is 66.7 Å². The number of hydrogen-bond donors (Lipinski definition) is 1. The Balaban J connectivity index is 1.85. The number of methoxy groups -OCH3 is 1. The Morgan fingerprint density at radius 2 is 1.93 bits per heavy atom. The SMILES string of the molecule is CCOc1ccc(C=C2SC(=Nc3ccc(C(=O)O)cc3)N(C)C2=O)cc1OC. The van der Waals surface area contributed by atoms with Crippen molar-refractivity contribution in [2.24, 2.45) is 4.99 Å². The van der Waals surface area contributed by atoms with Gasteiger partial charge in [0.2, 0.25) is 0 Å². The number of ether oxygens (including phenoxy) is 2. The molecular weight excluding hydrogens is 392 g/mol. The summed E-state index contributed by atoms with van der Waals surface area (Å²) >= 11 is 1.25. The van der Waals surface area contributed by atoms with Crippen LogP contribution in [0.2, 0.25) is 0 Å². The molecule has 1 heterocycles. The summed E-state index contributed by atoms with van der Waals surface area (Å²) in [5.41, 5.74) is 1.56. The lowest BCUT2D eigenvalue weighted by Gasteiger charge is -2.09. The van der Waals surface area contributed by atoms with Gasteiger partial charge in [0.05, 0.1) is 29.9 Å². The van der Waals surface area contributed by atoms with Crippen LogP contribution < -0.4 is 9.47 Å². The highest BCUT2D eigenvalue weighted by Gasteiger charge is 2.30. The number of amides is 1. The van der Waals surface area contributed by atoms with Crippen molar-refractivity contribution < 1.29 is 24.2 Å². The van der Waals surface area contributed by atoms with Gasteiger partial charge in [0.1, 0.15) is 0 Å². The number of carboxylic acids is 1. The molecule has 7 nitrogen and oxygen atoms in total. The minimum atomic E-state index is -0.997. The molecule has 1 aliphatic heterocycles. The van der Waals surface area contributed by atoms with Crippen LogP contribution in [-0.2, 0) is 4.79 Å². The van der Waals surface area contributed by atoms with Crippen molar-refractivity contribution >= 4 is 40.6 Å². The van der Waals surface area contributed by atoms with Gasteiger partial charge in [-0.1, -0.05) is 6.07 Å². The van der Waals surface area contributed by atoms with E-state index in [4.69, 9.17) is 14.6 Å². The molecule has 0 unspecified atom stereocenters. The van der Waals surface area contributed by atoms with Crippen LogP contribution in [0, 0.1) is 0 Å². The van der Waals surface area contributed by atoms with Crippen LogP contribution in [-0.4, -0.2) is 47.8 Å². The number of thioether (sulfide) groups is 1. The van der Waals surface area contributed by atoms with Gasteiger partial charge in [-0.2, -0.15) is 0 Å². The molecule has 3 rings (SSSR count). The molecule has 8 heteroatoms. The minimum Gasteiger partial charge on any atom is -0.493 e. The van der Waals surface area contributed by atoms with Gasteiger partial charge in [-0.25, -0.2) is 9.79 Å². The fraction of sp³-hybridized carbons (Fsp3) is 0.190. The molecule has 1 saturated heterocycles. The Kier molecular flexibility index (Phi) is 6.23. The van der Waals surface area contributed by atoms with Gasteiger partial charge >= 0.3 is 5.97 Å². The van der Waals surface area contributed by atoms with E-state index in [0.717, 1.165) is 5.56 Å². The van der Waals surface area contributed by atoms with Crippen LogP contribution in [0.3, 0.4) is 0 Å². The number of likely N-dealkylation sites (N-methyl/N-ethyl adjacent to an activating group) is 1. The average molecular weight is 412 g/mol. The van der Waals surface area contributed by atoms with Gasteiger partial charge < -0.3 is 14.6 Å². The Bertz CT molecular complexity index is 999. The molecule has 1 N–H and O–H groups in total. The van der Waals surface area contributed by atoms with Gasteiger partial charge in [0.25, 0.3) is 5.91 Å². The molecule has 0 spiro atoms. The summed E-state index contributed by atoms with van der Waals surface area (Å²) in [6.07, 6.45) is 1.78. The molecule has 1 aliphatic rings. The third-order valence-electron chi connectivity index (χ3n) is 4.13. The maximum absolute atomic E-state index is 12.6. The number of carbonyl (C=O) groups is 2. The molecule has 1 amide bonds. The summed E-state index contributed by atoms with van der Waals surface area (Å²) in [7, 11) is 3.22. The van der Waals surface area contributed by atoms with E-state index < -0.39 is 5.97 Å². The highest BCUT2D eigenvalue weighted by molar-refractivity contribution is 8.18. The maximum atomic E-state index is 12.6. The zero-order valence-corrected chi connectivity index (χ0v) is 17.0. The van der Waals surface area contributed by atoms with Crippen LogP contribution in [0.4, 0.5) is 5.69 Å². The van der Waals surface area contributed by atoms with Gasteiger partial charge in [-0.15, -0.1) is 0 Å². The van der Waals surface area contributed by atoms with E-state index in [0.29, 0.717) is 33.9 Å². The summed E-state index contributed by atoms with van der Waals surface area (Å²) in [5.74, 6) is 0.0793. The molecule has 0 radical (unpaired) electrons. The summed E-state index contributed by atoms with van der Waals surface area (Å²) in [4.78, 5) is 30.0. The normalized spacial score (nSPS) is 16.5. The first-order valence-corrected chi connectivity index (χ1v) is 9.65. The van der Waals surface area contributed by atoms with Crippen molar-refractivity contribution in [1.82, 2.24) is 4.90 Å². The second-order valence-electron chi connectivity index (χ2n) is 6.06. The van der Waals surface area contributed by atoms with E-state index in [1.807, 2.05) is 25.1 Å². The Morgan fingerprint density at radius 1 is 1.21 bits per heavy atom. The van der Waals surface area contributed by atoms with E-state index in [9.17, 15) is 9.59 Å². The molecule has 150 valence electrons. The highest BCUT2D eigenvalue weighted by Crippen LogP contribution is 2.35. The summed E-state index contributed by atoms with van der Waals surface area (Å²) < 4.78 is 10.9. The largest absolute Gasteiger partial charge is 0.493 e. The number of nitrogens with zero attached hydrogens (tertiary/aromatic N) is 2. The molecule has 2 aromatic carbocycles. The van der Waals surface area contributed by atoms with Crippen LogP contribution in [0.25, 0.3) is 6.08 Å². The predicted molar refractivity (Wildman–Crippen MR) is 113 cm³/mol. The highest BCUT2D eigenvalue weighted by atomic mass is 32.2. The Labute approximate surface area is 172 Å². The molecule has 0 aliphatic carbocycles.